The predicted octanol–water partition coefficient (Wildman–Crippen LogP) is 26.8. The second kappa shape index (κ2) is 88.2. The van der Waals surface area contributed by atoms with Gasteiger partial charge in [0.15, 0.2) is 12.6 Å². The van der Waals surface area contributed by atoms with Crippen molar-refractivity contribution in [3.63, 3.8) is 0 Å². The van der Waals surface area contributed by atoms with Gasteiger partial charge in [-0.3, -0.25) is 0 Å². The summed E-state index contributed by atoms with van der Waals surface area (Å²) in [7, 11) is 0. The summed E-state index contributed by atoms with van der Waals surface area (Å²) >= 11 is 10.8. The van der Waals surface area contributed by atoms with Crippen molar-refractivity contribution in [2.24, 2.45) is 0 Å². The first-order valence-electron chi connectivity index (χ1n) is 57.6. The molecule has 2 aliphatic heterocycles. The average molecular weight is 1990 g/mol. The molecule has 2 aromatic carbocycles. The van der Waals surface area contributed by atoms with Gasteiger partial charge in [0.25, 0.3) is 10.3 Å². The van der Waals surface area contributed by atoms with Crippen LogP contribution in [0.5, 0.6) is 0 Å². The molecule has 17 atom stereocenters. The molecule has 4 unspecified atom stereocenters. The second-order valence-corrected chi connectivity index (χ2v) is 42.2. The molecule has 2 aromatic rings. The number of anilines is 2. The van der Waals surface area contributed by atoms with Crippen LogP contribution in [0.15, 0.2) is 48.5 Å². The number of benzene rings is 2. The van der Waals surface area contributed by atoms with Crippen LogP contribution in [0, 0.1) is 11.6 Å². The van der Waals surface area contributed by atoms with Crippen molar-refractivity contribution < 1.29 is 88.3 Å². The van der Waals surface area contributed by atoms with Gasteiger partial charge in [0.1, 0.15) is 73.7 Å². The molecule has 0 spiro atoms. The molecule has 0 radical (unpaired) electrons. The monoisotopic (exact) mass is 1990 g/mol. The molecule has 14 N–H and O–H groups in total. The zero-order chi connectivity index (χ0) is 99.6. The van der Waals surface area contributed by atoms with Crippen LogP contribution in [-0.2, 0) is 28.4 Å². The molecule has 0 aromatic heterocycles. The lowest BCUT2D eigenvalue weighted by Gasteiger charge is -2.43. The molecule has 2 aliphatic rings. The Morgan fingerprint density at radius 1 is 0.319 bits per heavy atom. The molecule has 806 valence electrons. The zero-order valence-corrected chi connectivity index (χ0v) is 89.1. The van der Waals surface area contributed by atoms with Crippen LogP contribution in [0.1, 0.15) is 502 Å². The second-order valence-electron chi connectivity index (χ2n) is 41.4. The highest BCUT2D eigenvalue weighted by molar-refractivity contribution is 7.80. The fourth-order valence-corrected chi connectivity index (χ4v) is 20.1. The van der Waals surface area contributed by atoms with Crippen LogP contribution in [0.25, 0.3) is 0 Å². The SMILES string of the molecule is CCCCCCCCCCCCCCCCCCCCCCCCCCNC(CO[C@H]1O[C@H](COC(=S)Nc2cccc(F)c2)[C@H](O)[C@H](O)[C@H]1O)C(O)C(O)CCCCCCCCCCCCCCC(O[C@H]1O[C@H](COC(=S)Nc2ccc(F)cc2)[C@H](O)[C@H](O)[C@H]1O)[C@@H](NCCCCCCCCCCCCCCCCCCCCCCCCCC)[C@H](O)[C@H](O)CCCCCCCCCCCCCC. The lowest BCUT2D eigenvalue weighted by molar-refractivity contribution is -0.314. The molecule has 24 heteroatoms. The van der Waals surface area contributed by atoms with E-state index >= 15 is 0 Å². The number of hydrogen-bond acceptors (Lipinski definition) is 20. The molecule has 138 heavy (non-hydrogen) atoms. The van der Waals surface area contributed by atoms with Gasteiger partial charge in [0.05, 0.1) is 49.2 Å². The Morgan fingerprint density at radius 3 is 0.949 bits per heavy atom. The highest BCUT2D eigenvalue weighted by atomic mass is 32.1. The molecule has 0 aliphatic carbocycles. The summed E-state index contributed by atoms with van der Waals surface area (Å²) < 4.78 is 64.3. The van der Waals surface area contributed by atoms with Crippen molar-refractivity contribution in [3.05, 3.63) is 60.2 Å². The number of aliphatic hydroxyl groups is 10. The van der Waals surface area contributed by atoms with Gasteiger partial charge in [0.2, 0.25) is 0 Å². The van der Waals surface area contributed by atoms with E-state index in [0.29, 0.717) is 50.1 Å². The summed E-state index contributed by atoms with van der Waals surface area (Å²) in [5.41, 5.74) is 0.840. The van der Waals surface area contributed by atoms with Crippen LogP contribution >= 0.6 is 24.4 Å². The molecule has 0 saturated carbocycles. The Bertz CT molecular complexity index is 3060. The number of rotatable bonds is 96. The first-order chi connectivity index (χ1) is 67.4. The minimum Gasteiger partial charge on any atom is -0.468 e. The lowest BCUT2D eigenvalue weighted by Crippen LogP contribution is -2.62. The summed E-state index contributed by atoms with van der Waals surface area (Å²) in [6, 6.07) is 9.74. The number of halogens is 2. The predicted molar refractivity (Wildman–Crippen MR) is 572 cm³/mol. The Labute approximate surface area is 850 Å². The van der Waals surface area contributed by atoms with Crippen molar-refractivity contribution in [1.82, 2.24) is 10.6 Å². The van der Waals surface area contributed by atoms with Gasteiger partial charge in [-0.25, -0.2) is 8.78 Å². The molecule has 0 amide bonds. The van der Waals surface area contributed by atoms with E-state index in [0.717, 1.165) is 135 Å². The third-order valence-electron chi connectivity index (χ3n) is 28.9. The summed E-state index contributed by atoms with van der Waals surface area (Å²) in [5, 5.41) is 128. The Morgan fingerprint density at radius 2 is 0.609 bits per heavy atom. The molecule has 20 nitrogen and oxygen atoms in total. The molecular weight excluding hydrogens is 1780 g/mol. The molecule has 2 heterocycles. The fourth-order valence-electron chi connectivity index (χ4n) is 19.8. The maximum atomic E-state index is 13.9. The maximum Gasteiger partial charge on any atom is 0.261 e. The van der Waals surface area contributed by atoms with Gasteiger partial charge < -0.3 is 101 Å². The lowest BCUT2D eigenvalue weighted by atomic mass is 9.92. The van der Waals surface area contributed by atoms with Crippen molar-refractivity contribution >= 4 is 46.2 Å². The summed E-state index contributed by atoms with van der Waals surface area (Å²) in [6.07, 6.45) is 69.5. The van der Waals surface area contributed by atoms with Crippen LogP contribution in [0.2, 0.25) is 0 Å². The van der Waals surface area contributed by atoms with Crippen molar-refractivity contribution in [2.45, 2.75) is 606 Å². The van der Waals surface area contributed by atoms with Gasteiger partial charge >= 0.3 is 0 Å². The Hall–Kier alpha value is -2.96. The van der Waals surface area contributed by atoms with Gasteiger partial charge in [-0.2, -0.15) is 0 Å². The number of aliphatic hydroxyl groups excluding tert-OH is 10. The quantitative estimate of drug-likeness (QED) is 0.0216. The van der Waals surface area contributed by atoms with E-state index in [1.54, 1.807) is 6.07 Å². The third-order valence-corrected chi connectivity index (χ3v) is 29.4. The Balaban J connectivity index is 1.27. The minimum atomic E-state index is -1.68. The summed E-state index contributed by atoms with van der Waals surface area (Å²) in [4.78, 5) is 0. The van der Waals surface area contributed by atoms with Crippen molar-refractivity contribution in [3.8, 4) is 0 Å². The first-order valence-corrected chi connectivity index (χ1v) is 58.4. The van der Waals surface area contributed by atoms with Gasteiger partial charge in [-0.05, 0) is 112 Å². The maximum absolute atomic E-state index is 13.9. The van der Waals surface area contributed by atoms with E-state index < -0.39 is 116 Å². The van der Waals surface area contributed by atoms with E-state index in [-0.39, 0.29) is 30.2 Å². The molecular formula is C114H208F2N4O16S2. The Kier molecular flexibility index (Phi) is 81.3. The van der Waals surface area contributed by atoms with E-state index in [1.807, 2.05) is 0 Å². The van der Waals surface area contributed by atoms with Crippen molar-refractivity contribution in [2.75, 3.05) is 43.5 Å². The highest BCUT2D eigenvalue weighted by Gasteiger charge is 2.48. The van der Waals surface area contributed by atoms with E-state index in [9.17, 15) is 59.8 Å². The molecule has 2 fully saturated rings. The average Bonchev–Trinajstić information content (AvgIpc) is 0.793. The molecule has 4 rings (SSSR count). The smallest absolute Gasteiger partial charge is 0.261 e. The standard InChI is InChI=1S/C114H208F2N4O16S2/c1-4-7-10-13-16-19-22-25-27-29-31-33-35-37-39-41-43-45-49-54-59-64-69-74-86-117-96(89-131-111-109(129)107(127)105(125)100(135-111)90-133-114(138)120-95-78-76-77-93(116)88-95)103(123)97(121)79-71-66-61-56-52-47-48-53-58-63-68-73-81-99(134-112-110(130)108(128)106(126)101(136-112)91-132-113(137)119-94-84-82-92(115)83-85-94)102(104(124)98(122)80-72-67-62-57-51-24-21-18-15-12-9-6-3)118-87-75-70-65-60-55-50-46-44-42-40-38-36-34-32-30-28-26-23-20-17-14-11-8-5-2/h76-78,82-85,88,96-112,117-118,121-130H,4-75,79-81,86-87,89-91H2,1-3H3,(H,119,137)(H,120,138)/t96?,97?,98-,99?,100-,101-,102-,103?,104-,105+,106+,107+,108+,109-,110-,111+,112+/m1/s1. The van der Waals surface area contributed by atoms with Crippen LogP contribution in [0.3, 0.4) is 0 Å². The minimum absolute atomic E-state index is 0.0720. The first kappa shape index (κ1) is 127. The van der Waals surface area contributed by atoms with Crippen LogP contribution < -0.4 is 21.3 Å². The highest BCUT2D eigenvalue weighted by Crippen LogP contribution is 2.31. The number of thiocarbonyl (C=S) groups is 2. The van der Waals surface area contributed by atoms with E-state index in [2.05, 4.69) is 42.0 Å². The van der Waals surface area contributed by atoms with E-state index in [1.165, 1.54) is 364 Å². The van der Waals surface area contributed by atoms with Gasteiger partial charge in [-0.1, -0.05) is 476 Å². The normalized spacial score (nSPS) is 20.1. The topological polar surface area (TPSA) is 306 Å². The third kappa shape index (κ3) is 64.9. The molecule has 0 bridgehead atoms. The number of nitrogens with one attached hydrogen (secondary N) is 4. The van der Waals surface area contributed by atoms with Crippen molar-refractivity contribution in [1.29, 1.82) is 0 Å². The van der Waals surface area contributed by atoms with E-state index in [4.69, 9.17) is 52.9 Å². The largest absolute Gasteiger partial charge is 0.468 e. The fraction of sp³-hybridized carbons (Fsp3) is 0.877. The van der Waals surface area contributed by atoms with Crippen LogP contribution in [0.4, 0.5) is 20.2 Å². The van der Waals surface area contributed by atoms with Crippen LogP contribution in [-0.4, -0.2) is 198 Å². The summed E-state index contributed by atoms with van der Waals surface area (Å²) in [6.45, 7) is 7.13. The van der Waals surface area contributed by atoms with Gasteiger partial charge in [-0.15, -0.1) is 0 Å². The summed E-state index contributed by atoms with van der Waals surface area (Å²) in [5.74, 6) is -0.883. The van der Waals surface area contributed by atoms with Gasteiger partial charge in [0, 0.05) is 11.4 Å². The molecule has 2 saturated heterocycles. The number of ether oxygens (including phenoxy) is 6. The number of unbranched alkanes of at least 4 members (excludes halogenated alkanes) is 68. The zero-order valence-electron chi connectivity index (χ0n) is 87.5. The number of hydrogen-bond donors (Lipinski definition) is 14.